The molecule has 100 valence electrons. The zero-order valence-electron chi connectivity index (χ0n) is 12.5. The largest absolute Gasteiger partial charge is 1.00 e. The first kappa shape index (κ1) is 15.7. The van der Waals surface area contributed by atoms with Crippen molar-refractivity contribution in [2.45, 2.75) is 25.4 Å². The van der Waals surface area contributed by atoms with Gasteiger partial charge in [0.2, 0.25) is 0 Å². The molecule has 0 spiro atoms. The summed E-state index contributed by atoms with van der Waals surface area (Å²) in [5, 5.41) is 9.46. The molecule has 3 heteroatoms. The molecule has 1 heterocycles. The first-order valence-corrected chi connectivity index (χ1v) is 6.93. The third-order valence-electron chi connectivity index (χ3n) is 4.05. The van der Waals surface area contributed by atoms with Gasteiger partial charge in [-0.15, -0.1) is 0 Å². The van der Waals surface area contributed by atoms with E-state index in [0.29, 0.717) is 6.04 Å². The molecule has 2 atom stereocenters. The van der Waals surface area contributed by atoms with E-state index < -0.39 is 0 Å². The summed E-state index contributed by atoms with van der Waals surface area (Å²) >= 11 is 0. The molecule has 1 aliphatic heterocycles. The molecular weight excluding hydrogens is 251 g/mol. The molecule has 0 saturated carbocycles. The van der Waals surface area contributed by atoms with Crippen LogP contribution in [-0.2, 0) is 6.54 Å². The smallest absolute Gasteiger partial charge is 0.762 e. The summed E-state index contributed by atoms with van der Waals surface area (Å²) in [5.74, 6) is 2.63. The minimum absolute atomic E-state index is 0. The molecule has 0 aromatic heterocycles. The van der Waals surface area contributed by atoms with Gasteiger partial charge in [-0.2, -0.15) is 0 Å². The van der Waals surface area contributed by atoms with Crippen molar-refractivity contribution in [1.82, 2.24) is 4.90 Å². The van der Waals surface area contributed by atoms with Crippen molar-refractivity contribution >= 4 is 5.87 Å². The predicted octanol–water partition coefficient (Wildman–Crippen LogP) is 0.801. The van der Waals surface area contributed by atoms with Gasteiger partial charge in [0.05, 0.1) is 0 Å². The van der Waals surface area contributed by atoms with E-state index in [1.165, 1.54) is 11.1 Å². The van der Waals surface area contributed by atoms with Gasteiger partial charge < -0.3 is 10.3 Å². The van der Waals surface area contributed by atoms with Crippen molar-refractivity contribution in [1.29, 1.82) is 0 Å². The number of rotatable bonds is 3. The van der Waals surface area contributed by atoms with E-state index in [9.17, 15) is 5.41 Å². The first-order valence-electron chi connectivity index (χ1n) is 6.93. The third-order valence-corrected chi connectivity index (χ3v) is 4.05. The van der Waals surface area contributed by atoms with Crippen LogP contribution in [0, 0.1) is 0 Å². The maximum atomic E-state index is 9.46. The van der Waals surface area contributed by atoms with Crippen molar-refractivity contribution in [3.05, 3.63) is 82.9 Å². The Morgan fingerprint density at radius 1 is 1.00 bits per heavy atom. The van der Waals surface area contributed by atoms with Gasteiger partial charge >= 0.3 is 18.9 Å². The second kappa shape index (κ2) is 6.83. The molecule has 2 aromatic carbocycles. The standard InChI is InChI=1S/C18H17N2.Li/c1-14-18(16-10-6-3-7-11-16)17(12-19)20(14)13-15-8-4-2-5-9-15;/h2-11,14,18H,13H2,1H3;/q-1;+1/t14-,18+;/m0./s1. The Hall–Kier alpha value is -1.71. The quantitative estimate of drug-likeness (QED) is 0.597. The third kappa shape index (κ3) is 2.99. The van der Waals surface area contributed by atoms with E-state index >= 15 is 0 Å². The fraction of sp³-hybridized carbons (Fsp3) is 0.222. The minimum atomic E-state index is 0. The summed E-state index contributed by atoms with van der Waals surface area (Å²) in [6, 6.07) is 21.0. The van der Waals surface area contributed by atoms with Crippen LogP contribution in [0.3, 0.4) is 0 Å². The first-order chi connectivity index (χ1) is 9.81. The molecule has 2 aromatic rings. The normalized spacial score (nSPS) is 20.2. The van der Waals surface area contributed by atoms with Crippen LogP contribution in [0.1, 0.15) is 24.0 Å². The number of nitrogens with zero attached hydrogens (tertiary/aromatic N) is 2. The zero-order chi connectivity index (χ0) is 13.9. The van der Waals surface area contributed by atoms with E-state index in [1.54, 1.807) is 0 Å². The van der Waals surface area contributed by atoms with Crippen LogP contribution < -0.4 is 18.9 Å². The zero-order valence-corrected chi connectivity index (χ0v) is 12.5. The van der Waals surface area contributed by atoms with Crippen molar-refractivity contribution in [3.8, 4) is 0 Å². The number of hydrogen-bond acceptors (Lipinski definition) is 1. The SMILES string of the molecule is C[C@H]1[C@H](c2ccccc2)C(=C=[N-])N1Cc1ccccc1.[Li+]. The second-order valence-electron chi connectivity index (χ2n) is 5.24. The van der Waals surface area contributed by atoms with Crippen LogP contribution >= 0.6 is 0 Å². The maximum Gasteiger partial charge on any atom is 1.00 e. The molecular formula is C18H17LiN2. The average Bonchev–Trinajstić information content (AvgIpc) is 2.51. The molecule has 0 N–H and O–H groups in total. The van der Waals surface area contributed by atoms with Crippen LogP contribution in [-0.4, -0.2) is 16.8 Å². The Morgan fingerprint density at radius 3 is 2.14 bits per heavy atom. The molecule has 0 bridgehead atoms. The van der Waals surface area contributed by atoms with E-state index in [4.69, 9.17) is 0 Å². The molecule has 1 fully saturated rings. The Kier molecular flexibility index (Phi) is 5.10. The molecule has 0 amide bonds. The Morgan fingerprint density at radius 2 is 1.57 bits per heavy atom. The van der Waals surface area contributed by atoms with Gasteiger partial charge in [-0.25, -0.2) is 5.87 Å². The predicted molar refractivity (Wildman–Crippen MR) is 82.5 cm³/mol. The topological polar surface area (TPSA) is 25.5 Å². The van der Waals surface area contributed by atoms with Crippen molar-refractivity contribution in [2.75, 3.05) is 0 Å². The molecule has 1 saturated heterocycles. The van der Waals surface area contributed by atoms with E-state index in [2.05, 4.69) is 42.0 Å². The Bertz CT molecular complexity index is 633. The molecule has 3 rings (SSSR count). The van der Waals surface area contributed by atoms with Gasteiger partial charge in [0.25, 0.3) is 0 Å². The van der Waals surface area contributed by atoms with Gasteiger partial charge in [-0.1, -0.05) is 60.7 Å². The second-order valence-corrected chi connectivity index (χ2v) is 5.24. The monoisotopic (exact) mass is 268 g/mol. The Balaban J connectivity index is 0.00000161. The summed E-state index contributed by atoms with van der Waals surface area (Å²) in [7, 11) is 0. The molecule has 0 radical (unpaired) electrons. The van der Waals surface area contributed by atoms with Gasteiger partial charge in [0.15, 0.2) is 0 Å². The van der Waals surface area contributed by atoms with Crippen LogP contribution in [0.4, 0.5) is 0 Å². The van der Waals surface area contributed by atoms with Gasteiger partial charge in [0.1, 0.15) is 0 Å². The maximum absolute atomic E-state index is 9.46. The number of hydrogen-bond donors (Lipinski definition) is 0. The summed E-state index contributed by atoms with van der Waals surface area (Å²) in [6.45, 7) is 3.01. The average molecular weight is 268 g/mol. The fourth-order valence-electron chi connectivity index (χ4n) is 2.96. The fourth-order valence-corrected chi connectivity index (χ4v) is 2.96. The van der Waals surface area contributed by atoms with Crippen molar-refractivity contribution in [2.24, 2.45) is 0 Å². The molecule has 0 aliphatic carbocycles. The minimum Gasteiger partial charge on any atom is -0.762 e. The number of benzene rings is 2. The summed E-state index contributed by atoms with van der Waals surface area (Å²) in [6.07, 6.45) is 0. The molecule has 1 aliphatic rings. The van der Waals surface area contributed by atoms with Crippen LogP contribution in [0.25, 0.3) is 5.41 Å². The van der Waals surface area contributed by atoms with E-state index in [0.717, 1.165) is 12.2 Å². The Labute approximate surface area is 138 Å². The van der Waals surface area contributed by atoms with Crippen molar-refractivity contribution < 1.29 is 18.9 Å². The van der Waals surface area contributed by atoms with E-state index in [-0.39, 0.29) is 24.8 Å². The van der Waals surface area contributed by atoms with Gasteiger partial charge in [0, 0.05) is 24.2 Å². The molecule has 0 unspecified atom stereocenters. The van der Waals surface area contributed by atoms with Crippen LogP contribution in [0.5, 0.6) is 0 Å². The van der Waals surface area contributed by atoms with Crippen molar-refractivity contribution in [3.63, 3.8) is 0 Å². The van der Waals surface area contributed by atoms with Crippen LogP contribution in [0.15, 0.2) is 66.4 Å². The van der Waals surface area contributed by atoms with Gasteiger partial charge in [-0.3, -0.25) is 0 Å². The van der Waals surface area contributed by atoms with Crippen LogP contribution in [0.2, 0.25) is 0 Å². The van der Waals surface area contributed by atoms with Gasteiger partial charge in [-0.05, 0) is 18.1 Å². The molecule has 21 heavy (non-hydrogen) atoms. The number of likely N-dealkylation sites (tertiary alicyclic amines) is 1. The van der Waals surface area contributed by atoms with E-state index in [1.807, 2.05) is 36.4 Å². The summed E-state index contributed by atoms with van der Waals surface area (Å²) in [4.78, 5) is 2.20. The molecule has 2 nitrogen and oxygen atoms in total. The summed E-state index contributed by atoms with van der Waals surface area (Å²) < 4.78 is 0. The summed E-state index contributed by atoms with van der Waals surface area (Å²) in [5.41, 5.74) is 3.37.